The molecule has 0 aromatic carbocycles. The van der Waals surface area contributed by atoms with Crippen LogP contribution in [0.1, 0.15) is 31.0 Å². The van der Waals surface area contributed by atoms with Gasteiger partial charge in [0, 0.05) is 11.3 Å². The molecule has 2 aromatic heterocycles. The van der Waals surface area contributed by atoms with Crippen LogP contribution >= 0.6 is 15.9 Å². The van der Waals surface area contributed by atoms with Gasteiger partial charge in [-0.1, -0.05) is 13.8 Å². The van der Waals surface area contributed by atoms with Crippen molar-refractivity contribution in [2.24, 2.45) is 0 Å². The Kier molecular flexibility index (Phi) is 3.19. The fourth-order valence-corrected chi connectivity index (χ4v) is 2.14. The predicted octanol–water partition coefficient (Wildman–Crippen LogP) is 3.22. The summed E-state index contributed by atoms with van der Waals surface area (Å²) < 4.78 is 5.98. The number of nitrogens with one attached hydrogen (secondary N) is 1. The average molecular weight is 297 g/mol. The molecule has 0 amide bonds. The molecule has 0 fully saturated rings. The molecule has 4 nitrogen and oxygen atoms in total. The van der Waals surface area contributed by atoms with Gasteiger partial charge in [-0.3, -0.25) is 4.79 Å². The van der Waals surface area contributed by atoms with Gasteiger partial charge in [-0.2, -0.15) is 0 Å². The van der Waals surface area contributed by atoms with Gasteiger partial charge in [0.05, 0.1) is 0 Å². The summed E-state index contributed by atoms with van der Waals surface area (Å²) in [6.45, 7) is 5.79. The summed E-state index contributed by atoms with van der Waals surface area (Å²) >= 11 is 3.22. The lowest BCUT2D eigenvalue weighted by atomic mass is 10.0. The lowest BCUT2D eigenvalue weighted by Crippen LogP contribution is -2.18. The normalized spacial score (nSPS) is 11.1. The van der Waals surface area contributed by atoms with Crippen LogP contribution in [-0.2, 0) is 0 Å². The molecule has 90 valence electrons. The number of halogens is 1. The van der Waals surface area contributed by atoms with Crippen molar-refractivity contribution in [2.75, 3.05) is 0 Å². The maximum Gasteiger partial charge on any atom is 0.254 e. The Balaban J connectivity index is 2.57. The second-order valence-electron chi connectivity index (χ2n) is 4.17. The number of hydrogen-bond donors (Lipinski definition) is 1. The van der Waals surface area contributed by atoms with Gasteiger partial charge in [-0.15, -0.1) is 0 Å². The third-order valence-corrected chi connectivity index (χ3v) is 2.96. The van der Waals surface area contributed by atoms with Gasteiger partial charge >= 0.3 is 0 Å². The van der Waals surface area contributed by atoms with Crippen LogP contribution in [0.3, 0.4) is 0 Å². The molecule has 0 spiro atoms. The summed E-state index contributed by atoms with van der Waals surface area (Å²) in [6, 6.07) is 3.53. The van der Waals surface area contributed by atoms with Crippen molar-refractivity contribution in [1.29, 1.82) is 0 Å². The van der Waals surface area contributed by atoms with E-state index in [2.05, 4.69) is 25.9 Å². The Bertz CT molecular complexity index is 599. The van der Waals surface area contributed by atoms with Crippen LogP contribution in [0.5, 0.6) is 0 Å². The highest BCUT2D eigenvalue weighted by atomic mass is 79.9. The molecule has 17 heavy (non-hydrogen) atoms. The molecule has 0 atom stereocenters. The van der Waals surface area contributed by atoms with Crippen molar-refractivity contribution in [3.63, 3.8) is 0 Å². The van der Waals surface area contributed by atoms with Crippen molar-refractivity contribution >= 4 is 15.9 Å². The quantitative estimate of drug-likeness (QED) is 0.925. The standard InChI is InChI=1S/C12H13BrN2O2/c1-6(2)10-7(3)14-11(15-12(10)16)8-4-5-9(13)17-8/h4-6H,1-3H3,(H,14,15,16). The molecule has 0 bridgehead atoms. The van der Waals surface area contributed by atoms with E-state index >= 15 is 0 Å². The van der Waals surface area contributed by atoms with Gasteiger partial charge in [0.25, 0.3) is 5.56 Å². The van der Waals surface area contributed by atoms with E-state index in [9.17, 15) is 4.79 Å². The topological polar surface area (TPSA) is 58.9 Å². The minimum absolute atomic E-state index is 0.102. The van der Waals surface area contributed by atoms with Crippen LogP contribution in [0, 0.1) is 6.92 Å². The highest BCUT2D eigenvalue weighted by Gasteiger charge is 2.13. The number of H-pyrrole nitrogens is 1. The molecular weight excluding hydrogens is 284 g/mol. The molecule has 0 aliphatic carbocycles. The van der Waals surface area contributed by atoms with Crippen molar-refractivity contribution in [3.05, 3.63) is 38.4 Å². The SMILES string of the molecule is Cc1nc(-c2ccc(Br)o2)[nH]c(=O)c1C(C)C. The molecule has 2 rings (SSSR count). The van der Waals surface area contributed by atoms with Crippen LogP contribution < -0.4 is 5.56 Å². The number of aryl methyl sites for hydroxylation is 1. The molecule has 0 aliphatic rings. The van der Waals surface area contributed by atoms with Crippen LogP contribution in [0.2, 0.25) is 0 Å². The molecule has 2 heterocycles. The zero-order valence-electron chi connectivity index (χ0n) is 9.87. The summed E-state index contributed by atoms with van der Waals surface area (Å²) in [7, 11) is 0. The van der Waals surface area contributed by atoms with E-state index in [0.717, 1.165) is 11.3 Å². The Morgan fingerprint density at radius 3 is 2.59 bits per heavy atom. The maximum atomic E-state index is 11.9. The summed E-state index contributed by atoms with van der Waals surface area (Å²) in [5.41, 5.74) is 1.36. The molecule has 0 saturated heterocycles. The van der Waals surface area contributed by atoms with Crippen LogP contribution in [0.25, 0.3) is 11.6 Å². The first-order valence-electron chi connectivity index (χ1n) is 5.35. The molecule has 0 radical (unpaired) electrons. The van der Waals surface area contributed by atoms with Gasteiger partial charge in [0.2, 0.25) is 0 Å². The number of aromatic amines is 1. The van der Waals surface area contributed by atoms with Gasteiger partial charge in [-0.25, -0.2) is 4.98 Å². The van der Waals surface area contributed by atoms with E-state index < -0.39 is 0 Å². The third-order valence-electron chi connectivity index (χ3n) is 2.53. The zero-order chi connectivity index (χ0) is 12.6. The van der Waals surface area contributed by atoms with Crippen molar-refractivity contribution in [1.82, 2.24) is 9.97 Å². The van der Waals surface area contributed by atoms with E-state index in [4.69, 9.17) is 4.42 Å². The summed E-state index contributed by atoms with van der Waals surface area (Å²) in [6.07, 6.45) is 0. The number of aromatic nitrogens is 2. The fourth-order valence-electron chi connectivity index (χ4n) is 1.83. The summed E-state index contributed by atoms with van der Waals surface area (Å²) in [5.74, 6) is 1.17. The first kappa shape index (κ1) is 12.1. The van der Waals surface area contributed by atoms with Crippen molar-refractivity contribution in [3.8, 4) is 11.6 Å². The second kappa shape index (κ2) is 4.49. The average Bonchev–Trinajstić information content (AvgIpc) is 2.63. The Hall–Kier alpha value is -1.36. The summed E-state index contributed by atoms with van der Waals surface area (Å²) in [5, 5.41) is 0. The van der Waals surface area contributed by atoms with E-state index in [-0.39, 0.29) is 11.5 Å². The smallest absolute Gasteiger partial charge is 0.254 e. The highest BCUT2D eigenvalue weighted by molar-refractivity contribution is 9.10. The van der Waals surface area contributed by atoms with Crippen LogP contribution in [0.15, 0.2) is 26.0 Å². The van der Waals surface area contributed by atoms with E-state index in [1.165, 1.54) is 0 Å². The molecule has 1 N–H and O–H groups in total. The summed E-state index contributed by atoms with van der Waals surface area (Å²) in [4.78, 5) is 19.0. The largest absolute Gasteiger partial charge is 0.446 e. The number of nitrogens with zero attached hydrogens (tertiary/aromatic N) is 1. The van der Waals surface area contributed by atoms with E-state index in [1.807, 2.05) is 20.8 Å². The minimum Gasteiger partial charge on any atom is -0.446 e. The monoisotopic (exact) mass is 296 g/mol. The molecule has 0 saturated carbocycles. The lowest BCUT2D eigenvalue weighted by Gasteiger charge is -2.08. The Morgan fingerprint density at radius 2 is 2.12 bits per heavy atom. The number of hydrogen-bond acceptors (Lipinski definition) is 3. The number of rotatable bonds is 2. The minimum atomic E-state index is -0.102. The van der Waals surface area contributed by atoms with Crippen molar-refractivity contribution < 1.29 is 4.42 Å². The van der Waals surface area contributed by atoms with Gasteiger partial charge in [0.1, 0.15) is 0 Å². The Labute approximate surface area is 107 Å². The first-order chi connectivity index (χ1) is 7.99. The predicted molar refractivity (Wildman–Crippen MR) is 69.1 cm³/mol. The Morgan fingerprint density at radius 1 is 1.41 bits per heavy atom. The first-order valence-corrected chi connectivity index (χ1v) is 6.15. The van der Waals surface area contributed by atoms with Crippen LogP contribution in [-0.4, -0.2) is 9.97 Å². The van der Waals surface area contributed by atoms with E-state index in [0.29, 0.717) is 16.3 Å². The zero-order valence-corrected chi connectivity index (χ0v) is 11.5. The fraction of sp³-hybridized carbons (Fsp3) is 0.333. The van der Waals surface area contributed by atoms with Gasteiger partial charge in [0.15, 0.2) is 16.3 Å². The molecule has 5 heteroatoms. The molecular formula is C12H13BrN2O2. The van der Waals surface area contributed by atoms with Gasteiger partial charge in [-0.05, 0) is 40.9 Å². The second-order valence-corrected chi connectivity index (χ2v) is 4.95. The van der Waals surface area contributed by atoms with E-state index in [1.54, 1.807) is 12.1 Å². The van der Waals surface area contributed by atoms with Gasteiger partial charge < -0.3 is 9.40 Å². The maximum absolute atomic E-state index is 11.9. The third kappa shape index (κ3) is 2.34. The highest BCUT2D eigenvalue weighted by Crippen LogP contribution is 2.22. The number of furan rings is 1. The molecule has 0 aliphatic heterocycles. The molecule has 2 aromatic rings. The van der Waals surface area contributed by atoms with Crippen molar-refractivity contribution in [2.45, 2.75) is 26.7 Å². The lowest BCUT2D eigenvalue weighted by molar-refractivity contribution is 0.550. The molecule has 0 unspecified atom stereocenters. The van der Waals surface area contributed by atoms with Crippen LogP contribution in [0.4, 0.5) is 0 Å².